The molecule has 0 aliphatic heterocycles. The van der Waals surface area contributed by atoms with E-state index in [9.17, 15) is 0 Å². The van der Waals surface area contributed by atoms with Gasteiger partial charge < -0.3 is 0 Å². The Morgan fingerprint density at radius 2 is 0.478 bits per heavy atom. The number of benzene rings is 6. The van der Waals surface area contributed by atoms with E-state index in [-0.39, 0.29) is 0 Å². The first kappa shape index (κ1) is 31.3. The Morgan fingerprint density at radius 1 is 0.283 bits per heavy atom. The molecule has 46 heavy (non-hydrogen) atoms. The molecule has 229 valence electrons. The van der Waals surface area contributed by atoms with Gasteiger partial charge in [-0.2, -0.15) is 0 Å². The second-order valence-electron chi connectivity index (χ2n) is 13.4. The van der Waals surface area contributed by atoms with Crippen molar-refractivity contribution in [2.24, 2.45) is 0 Å². The molecule has 0 atom stereocenters. The van der Waals surface area contributed by atoms with Crippen molar-refractivity contribution in [2.45, 2.75) is 62.3 Å². The fraction of sp³-hybridized carbons (Fsp3) is 0.196. The van der Waals surface area contributed by atoms with Gasteiger partial charge in [0.05, 0.1) is 5.92 Å². The molecule has 0 nitrogen and oxygen atoms in total. The van der Waals surface area contributed by atoms with E-state index in [4.69, 9.17) is 0 Å². The summed E-state index contributed by atoms with van der Waals surface area (Å²) in [6, 6.07) is 41.3. The first-order valence-corrected chi connectivity index (χ1v) is 16.4. The van der Waals surface area contributed by atoms with Crippen LogP contribution in [0.3, 0.4) is 0 Å². The molecule has 1 radical (unpaired) electrons. The van der Waals surface area contributed by atoms with E-state index in [1.165, 1.54) is 106 Å². The van der Waals surface area contributed by atoms with Crippen molar-refractivity contribution in [1.29, 1.82) is 0 Å². The second kappa shape index (κ2) is 12.6. The Balaban J connectivity index is 1.43. The molecular weight excluding hydrogens is 553 g/mol. The van der Waals surface area contributed by atoms with Crippen molar-refractivity contribution in [3.05, 3.63) is 182 Å². The molecule has 0 heterocycles. The first-order valence-electron chi connectivity index (χ1n) is 16.4. The topological polar surface area (TPSA) is 0 Å². The summed E-state index contributed by atoms with van der Waals surface area (Å²) in [4.78, 5) is 0. The van der Waals surface area contributed by atoms with Gasteiger partial charge in [0.1, 0.15) is 0 Å². The molecule has 0 N–H and O–H groups in total. The van der Waals surface area contributed by atoms with Gasteiger partial charge in [0, 0.05) is 0 Å². The average Bonchev–Trinajstić information content (AvgIpc) is 2.98. The van der Waals surface area contributed by atoms with E-state index in [2.05, 4.69) is 172 Å². The third kappa shape index (κ3) is 6.10. The standard InChI is InChI=1S/C46H45/c1-28-22-31(4)43(32(5)23-28)37-10-16-40(17-11-37)46(41-18-12-38(13-19-41)44-33(6)24-29(2)25-34(44)7)42-20-14-39(15-21-42)45-35(8)26-30(3)27-36(45)9/h10-27H,1-9H3. The minimum absolute atomic E-state index is 1.22. The molecule has 0 saturated heterocycles. The normalized spacial score (nSPS) is 11.3. The van der Waals surface area contributed by atoms with Gasteiger partial charge in [-0.3, -0.25) is 0 Å². The molecule has 0 fully saturated rings. The zero-order valence-corrected chi connectivity index (χ0v) is 28.9. The Bertz CT molecular complexity index is 1730. The maximum absolute atomic E-state index is 2.30. The Hall–Kier alpha value is -4.68. The molecule has 0 amide bonds. The predicted molar refractivity (Wildman–Crippen MR) is 199 cm³/mol. The largest absolute Gasteiger partial charge is 0.0629 e. The van der Waals surface area contributed by atoms with Gasteiger partial charge in [-0.25, -0.2) is 0 Å². The monoisotopic (exact) mass is 597 g/mol. The molecule has 0 saturated carbocycles. The fourth-order valence-corrected chi connectivity index (χ4v) is 7.82. The Morgan fingerprint density at radius 3 is 0.674 bits per heavy atom. The van der Waals surface area contributed by atoms with Crippen LogP contribution < -0.4 is 0 Å². The smallest absolute Gasteiger partial charge is 0.0571 e. The van der Waals surface area contributed by atoms with Gasteiger partial charge in [0.2, 0.25) is 0 Å². The van der Waals surface area contributed by atoms with Gasteiger partial charge in [-0.1, -0.05) is 126 Å². The third-order valence-corrected chi connectivity index (χ3v) is 9.42. The van der Waals surface area contributed by atoms with E-state index in [0.717, 1.165) is 0 Å². The van der Waals surface area contributed by atoms with Crippen molar-refractivity contribution in [3.63, 3.8) is 0 Å². The highest BCUT2D eigenvalue weighted by molar-refractivity contribution is 5.76. The minimum Gasteiger partial charge on any atom is -0.0571 e. The lowest BCUT2D eigenvalue weighted by molar-refractivity contribution is 1.22. The molecule has 0 unspecified atom stereocenters. The van der Waals surface area contributed by atoms with E-state index in [1.54, 1.807) is 0 Å². The SMILES string of the molecule is Cc1cc(C)c(-c2ccc([C](c3ccc(-c4c(C)cc(C)cc4C)cc3)c3ccc(-c4c(C)cc(C)cc4C)cc3)cc2)c(C)c1. The van der Waals surface area contributed by atoms with Crippen LogP contribution in [0.1, 0.15) is 66.8 Å². The van der Waals surface area contributed by atoms with E-state index < -0.39 is 0 Å². The molecule has 0 bridgehead atoms. The van der Waals surface area contributed by atoms with Crippen LogP contribution in [0.25, 0.3) is 33.4 Å². The fourth-order valence-electron chi connectivity index (χ4n) is 7.82. The van der Waals surface area contributed by atoms with Crippen molar-refractivity contribution < 1.29 is 0 Å². The average molecular weight is 598 g/mol. The summed E-state index contributed by atoms with van der Waals surface area (Å²) in [6.07, 6.45) is 0. The number of hydrogen-bond acceptors (Lipinski definition) is 0. The van der Waals surface area contributed by atoms with Crippen molar-refractivity contribution in [3.8, 4) is 33.4 Å². The lowest BCUT2D eigenvalue weighted by Gasteiger charge is -2.21. The van der Waals surface area contributed by atoms with Crippen LogP contribution >= 0.6 is 0 Å². The second-order valence-corrected chi connectivity index (χ2v) is 13.4. The summed E-state index contributed by atoms with van der Waals surface area (Å²) in [7, 11) is 0. The number of aryl methyl sites for hydroxylation is 9. The summed E-state index contributed by atoms with van der Waals surface area (Å²) in [6.45, 7) is 19.8. The van der Waals surface area contributed by atoms with Gasteiger partial charge in [0.15, 0.2) is 0 Å². The number of hydrogen-bond donors (Lipinski definition) is 0. The van der Waals surface area contributed by atoms with Crippen LogP contribution in [-0.4, -0.2) is 0 Å². The summed E-state index contributed by atoms with van der Waals surface area (Å²) in [5.74, 6) is 1.25. The van der Waals surface area contributed by atoms with Crippen LogP contribution in [-0.2, 0) is 0 Å². The summed E-state index contributed by atoms with van der Waals surface area (Å²) >= 11 is 0. The van der Waals surface area contributed by atoms with Crippen LogP contribution in [0.2, 0.25) is 0 Å². The van der Waals surface area contributed by atoms with Gasteiger partial charge in [0.25, 0.3) is 0 Å². The quantitative estimate of drug-likeness (QED) is 0.168. The van der Waals surface area contributed by atoms with E-state index in [0.29, 0.717) is 0 Å². The van der Waals surface area contributed by atoms with Crippen LogP contribution in [0, 0.1) is 68.2 Å². The van der Waals surface area contributed by atoms with Crippen molar-refractivity contribution in [1.82, 2.24) is 0 Å². The minimum atomic E-state index is 1.22. The lowest BCUT2D eigenvalue weighted by atomic mass is 9.82. The molecule has 6 aromatic carbocycles. The van der Waals surface area contributed by atoms with Crippen LogP contribution in [0.15, 0.2) is 109 Å². The molecule has 0 aliphatic carbocycles. The highest BCUT2D eigenvalue weighted by atomic mass is 14.2. The predicted octanol–water partition coefficient (Wildman–Crippen LogP) is 12.5. The van der Waals surface area contributed by atoms with Crippen LogP contribution in [0.4, 0.5) is 0 Å². The molecule has 0 aliphatic rings. The molecule has 0 aromatic heterocycles. The summed E-state index contributed by atoms with van der Waals surface area (Å²) in [5.41, 5.74) is 23.3. The molecule has 6 aromatic rings. The van der Waals surface area contributed by atoms with Crippen molar-refractivity contribution >= 4 is 0 Å². The lowest BCUT2D eigenvalue weighted by Crippen LogP contribution is -2.05. The number of rotatable bonds is 6. The molecule has 0 spiro atoms. The zero-order valence-electron chi connectivity index (χ0n) is 28.9. The first-order chi connectivity index (χ1) is 22.0. The summed E-state index contributed by atoms with van der Waals surface area (Å²) in [5, 5.41) is 0. The Kier molecular flexibility index (Phi) is 8.58. The van der Waals surface area contributed by atoms with Crippen molar-refractivity contribution in [2.75, 3.05) is 0 Å². The highest BCUT2D eigenvalue weighted by Gasteiger charge is 2.20. The highest BCUT2D eigenvalue weighted by Crippen LogP contribution is 2.37. The zero-order chi connectivity index (χ0) is 32.7. The van der Waals surface area contributed by atoms with Gasteiger partial charge >= 0.3 is 0 Å². The third-order valence-electron chi connectivity index (χ3n) is 9.42. The summed E-state index contributed by atoms with van der Waals surface area (Å²) < 4.78 is 0. The van der Waals surface area contributed by atoms with Crippen LogP contribution in [0.5, 0.6) is 0 Å². The molecule has 0 heteroatoms. The van der Waals surface area contributed by atoms with Gasteiger partial charge in [-0.15, -0.1) is 0 Å². The van der Waals surface area contributed by atoms with E-state index in [1.807, 2.05) is 0 Å². The van der Waals surface area contributed by atoms with E-state index >= 15 is 0 Å². The van der Waals surface area contributed by atoms with Gasteiger partial charge in [-0.05, 0) is 146 Å². The maximum atomic E-state index is 2.30. The molecule has 6 rings (SSSR count). The molecular formula is C46H45. The Labute approximate surface area is 276 Å². The maximum Gasteiger partial charge on any atom is 0.0629 e.